The van der Waals surface area contributed by atoms with E-state index in [1.807, 2.05) is 0 Å². The van der Waals surface area contributed by atoms with Crippen LogP contribution in [-0.4, -0.2) is 57.1 Å². The Morgan fingerprint density at radius 2 is 1.67 bits per heavy atom. The summed E-state index contributed by atoms with van der Waals surface area (Å²) < 4.78 is 1.12. The van der Waals surface area contributed by atoms with E-state index in [1.54, 1.807) is 0 Å². The van der Waals surface area contributed by atoms with Crippen molar-refractivity contribution in [1.82, 2.24) is 9.80 Å². The lowest BCUT2D eigenvalue weighted by atomic mass is 10.3. The van der Waals surface area contributed by atoms with Crippen LogP contribution in [-0.2, 0) is 0 Å². The van der Waals surface area contributed by atoms with Gasteiger partial charge in [0.15, 0.2) is 0 Å². The van der Waals surface area contributed by atoms with Crippen molar-refractivity contribution in [3.63, 3.8) is 0 Å². The maximum atomic E-state index is 3.44. The lowest BCUT2D eigenvalue weighted by Crippen LogP contribution is -2.28. The smallest absolute Gasteiger partial charge is 0.0341 e. The zero-order chi connectivity index (χ0) is 13.4. The molecule has 0 unspecified atom stereocenters. The summed E-state index contributed by atoms with van der Waals surface area (Å²) in [7, 11) is 6.42. The second kappa shape index (κ2) is 8.51. The molecule has 0 saturated heterocycles. The molecule has 0 bridgehead atoms. The van der Waals surface area contributed by atoms with Gasteiger partial charge in [0.05, 0.1) is 0 Å². The van der Waals surface area contributed by atoms with Gasteiger partial charge in [-0.05, 0) is 64.9 Å². The van der Waals surface area contributed by atoms with Crippen LogP contribution in [0.25, 0.3) is 0 Å². The maximum absolute atomic E-state index is 3.44. The van der Waals surface area contributed by atoms with Crippen molar-refractivity contribution in [2.24, 2.45) is 0 Å². The van der Waals surface area contributed by atoms with Crippen molar-refractivity contribution in [3.05, 3.63) is 28.7 Å². The van der Waals surface area contributed by atoms with Gasteiger partial charge in [-0.3, -0.25) is 0 Å². The summed E-state index contributed by atoms with van der Waals surface area (Å²) in [5.41, 5.74) is 1.18. The zero-order valence-electron chi connectivity index (χ0n) is 11.6. The Bertz CT molecular complexity index is 324. The van der Waals surface area contributed by atoms with Crippen LogP contribution in [0.1, 0.15) is 6.42 Å². The number of halogens is 1. The molecule has 1 rings (SSSR count). The highest BCUT2D eigenvalue weighted by Gasteiger charge is 1.99. The Kier molecular flexibility index (Phi) is 7.32. The predicted molar refractivity (Wildman–Crippen MR) is 83.3 cm³/mol. The molecule has 18 heavy (non-hydrogen) atoms. The van der Waals surface area contributed by atoms with Gasteiger partial charge < -0.3 is 15.1 Å². The van der Waals surface area contributed by atoms with E-state index >= 15 is 0 Å². The molecule has 1 aromatic rings. The third-order valence-electron chi connectivity index (χ3n) is 2.81. The fourth-order valence-corrected chi connectivity index (χ4v) is 1.99. The van der Waals surface area contributed by atoms with Crippen molar-refractivity contribution in [1.29, 1.82) is 0 Å². The molecule has 0 saturated carbocycles. The Morgan fingerprint density at radius 1 is 1.00 bits per heavy atom. The summed E-state index contributed by atoms with van der Waals surface area (Å²) in [4.78, 5) is 4.60. The van der Waals surface area contributed by atoms with Crippen LogP contribution < -0.4 is 5.32 Å². The summed E-state index contributed by atoms with van der Waals surface area (Å²) in [5, 5.41) is 3.43. The van der Waals surface area contributed by atoms with Crippen molar-refractivity contribution in [2.75, 3.05) is 52.6 Å². The summed E-state index contributed by atoms with van der Waals surface area (Å²) >= 11 is 3.44. The van der Waals surface area contributed by atoms with E-state index in [4.69, 9.17) is 0 Å². The number of nitrogens with zero attached hydrogens (tertiary/aromatic N) is 2. The third-order valence-corrected chi connectivity index (χ3v) is 3.34. The largest absolute Gasteiger partial charge is 0.384 e. The van der Waals surface area contributed by atoms with E-state index in [9.17, 15) is 0 Å². The van der Waals surface area contributed by atoms with E-state index in [0.29, 0.717) is 0 Å². The Balaban J connectivity index is 2.11. The first-order valence-electron chi connectivity index (χ1n) is 6.40. The number of hydrogen-bond acceptors (Lipinski definition) is 3. The van der Waals surface area contributed by atoms with Crippen LogP contribution in [0.4, 0.5) is 5.69 Å². The molecule has 4 heteroatoms. The number of nitrogens with one attached hydrogen (secondary N) is 1. The molecule has 102 valence electrons. The Hall–Kier alpha value is -0.580. The molecule has 0 spiro atoms. The molecule has 0 aliphatic rings. The van der Waals surface area contributed by atoms with Gasteiger partial charge in [0.1, 0.15) is 0 Å². The Morgan fingerprint density at radius 3 is 2.28 bits per heavy atom. The maximum Gasteiger partial charge on any atom is 0.0341 e. The molecule has 0 aliphatic heterocycles. The highest BCUT2D eigenvalue weighted by molar-refractivity contribution is 9.10. The number of rotatable bonds is 8. The van der Waals surface area contributed by atoms with E-state index in [1.165, 1.54) is 12.1 Å². The fraction of sp³-hybridized carbons (Fsp3) is 0.571. The van der Waals surface area contributed by atoms with Crippen LogP contribution in [0.5, 0.6) is 0 Å². The highest BCUT2D eigenvalue weighted by atomic mass is 79.9. The van der Waals surface area contributed by atoms with Crippen molar-refractivity contribution < 1.29 is 0 Å². The SMILES string of the molecule is CN(C)CCCN(C)CCNc1ccc(Br)cc1. The lowest BCUT2D eigenvalue weighted by Gasteiger charge is -2.18. The molecule has 0 atom stereocenters. The highest BCUT2D eigenvalue weighted by Crippen LogP contribution is 2.13. The van der Waals surface area contributed by atoms with Crippen LogP contribution >= 0.6 is 15.9 Å². The topological polar surface area (TPSA) is 18.5 Å². The van der Waals surface area contributed by atoms with E-state index in [2.05, 4.69) is 76.5 Å². The minimum Gasteiger partial charge on any atom is -0.384 e. The molecule has 0 aliphatic carbocycles. The second-order valence-electron chi connectivity index (χ2n) is 4.89. The normalized spacial score (nSPS) is 11.2. The first-order chi connectivity index (χ1) is 8.58. The summed E-state index contributed by atoms with van der Waals surface area (Å²) in [5.74, 6) is 0. The van der Waals surface area contributed by atoms with Gasteiger partial charge in [-0.25, -0.2) is 0 Å². The molecule has 0 amide bonds. The lowest BCUT2D eigenvalue weighted by molar-refractivity contribution is 0.308. The number of hydrogen-bond donors (Lipinski definition) is 1. The minimum atomic E-state index is 0.986. The van der Waals surface area contributed by atoms with Gasteiger partial charge in [-0.15, -0.1) is 0 Å². The summed E-state index contributed by atoms with van der Waals surface area (Å²) in [6, 6.07) is 8.30. The summed E-state index contributed by atoms with van der Waals surface area (Å²) in [6.45, 7) is 4.37. The first-order valence-corrected chi connectivity index (χ1v) is 7.20. The standard InChI is InChI=1S/C14H24BrN3/c1-17(2)10-4-11-18(3)12-9-16-14-7-5-13(15)6-8-14/h5-8,16H,4,9-12H2,1-3H3. The average Bonchev–Trinajstić information content (AvgIpc) is 2.31. The first kappa shape index (κ1) is 15.5. The Labute approximate surface area is 119 Å². The van der Waals surface area contributed by atoms with Crippen molar-refractivity contribution in [2.45, 2.75) is 6.42 Å². The van der Waals surface area contributed by atoms with Gasteiger partial charge in [0.2, 0.25) is 0 Å². The van der Waals surface area contributed by atoms with Gasteiger partial charge >= 0.3 is 0 Å². The zero-order valence-corrected chi connectivity index (χ0v) is 13.2. The molecule has 0 radical (unpaired) electrons. The van der Waals surface area contributed by atoms with Gasteiger partial charge in [0, 0.05) is 23.2 Å². The molecule has 3 nitrogen and oxygen atoms in total. The van der Waals surface area contributed by atoms with E-state index < -0.39 is 0 Å². The van der Waals surface area contributed by atoms with E-state index in [-0.39, 0.29) is 0 Å². The van der Waals surface area contributed by atoms with Crippen LogP contribution in [0.3, 0.4) is 0 Å². The van der Waals surface area contributed by atoms with Crippen molar-refractivity contribution in [3.8, 4) is 0 Å². The van der Waals surface area contributed by atoms with Gasteiger partial charge in [0.25, 0.3) is 0 Å². The molecule has 0 aromatic heterocycles. The number of anilines is 1. The predicted octanol–water partition coefficient (Wildman–Crippen LogP) is 2.74. The van der Waals surface area contributed by atoms with Crippen LogP contribution in [0.2, 0.25) is 0 Å². The van der Waals surface area contributed by atoms with Gasteiger partial charge in [-0.2, -0.15) is 0 Å². The van der Waals surface area contributed by atoms with E-state index in [0.717, 1.165) is 30.7 Å². The molecule has 0 fully saturated rings. The third kappa shape index (κ3) is 6.99. The quantitative estimate of drug-likeness (QED) is 0.796. The molecule has 1 N–H and O–H groups in total. The summed E-state index contributed by atoms with van der Waals surface area (Å²) in [6.07, 6.45) is 1.22. The van der Waals surface area contributed by atoms with Gasteiger partial charge in [-0.1, -0.05) is 15.9 Å². The van der Waals surface area contributed by atoms with Crippen LogP contribution in [0, 0.1) is 0 Å². The minimum absolute atomic E-state index is 0.986. The fourth-order valence-electron chi connectivity index (χ4n) is 1.73. The monoisotopic (exact) mass is 313 g/mol. The molecule has 1 aromatic carbocycles. The molecular formula is C14H24BrN3. The number of likely N-dealkylation sites (N-methyl/N-ethyl adjacent to an activating group) is 1. The van der Waals surface area contributed by atoms with Crippen molar-refractivity contribution >= 4 is 21.6 Å². The second-order valence-corrected chi connectivity index (χ2v) is 5.81. The van der Waals surface area contributed by atoms with Crippen LogP contribution in [0.15, 0.2) is 28.7 Å². The average molecular weight is 314 g/mol. The molecule has 0 heterocycles. The molecular weight excluding hydrogens is 290 g/mol. The number of benzene rings is 1.